The van der Waals surface area contributed by atoms with Crippen molar-refractivity contribution in [1.29, 1.82) is 0 Å². The molecule has 2 aromatic carbocycles. The summed E-state index contributed by atoms with van der Waals surface area (Å²) in [4.78, 5) is 44.9. The largest absolute Gasteiger partial charge is 0.384 e. The van der Waals surface area contributed by atoms with Gasteiger partial charge in [0.2, 0.25) is 11.8 Å². The average Bonchev–Trinajstić information content (AvgIpc) is 3.44. The van der Waals surface area contributed by atoms with Gasteiger partial charge in [-0.3, -0.25) is 14.4 Å². The number of nitrogens with one attached hydrogen (secondary N) is 3. The number of halogens is 1. The number of carbonyl (C=O) groups is 3. The molecule has 3 heterocycles. The van der Waals surface area contributed by atoms with Crippen LogP contribution in [0, 0.1) is 0 Å². The molecular weight excluding hydrogens is 502 g/mol. The zero-order valence-electron chi connectivity index (χ0n) is 22.0. The molecule has 202 valence electrons. The van der Waals surface area contributed by atoms with Crippen molar-refractivity contribution < 1.29 is 14.4 Å². The number of piperidine rings is 1. The number of likely N-dealkylation sites (tertiary alicyclic amines) is 1. The van der Waals surface area contributed by atoms with Crippen LogP contribution in [0.25, 0.3) is 10.9 Å². The number of hydrogen-bond donors (Lipinski definition) is 4. The number of benzene rings is 2. The second kappa shape index (κ2) is 10.4. The van der Waals surface area contributed by atoms with Crippen molar-refractivity contribution in [2.75, 3.05) is 18.4 Å². The standard InChI is InChI=1S/C29H35N5O3.ClH/c1-18(35)25-15-29(17-32-23-11-7-5-9-21(23)29)12-13-34(25)26(36)24(33-27(37)28(2,3)30)14-19-16-31-22-10-6-4-8-20(19)22;/h4-11,16,24-25,31-32H,12-15,17,30H2,1-3H3,(H,33,37);1H/t24-,25?,29?;/m1./s1. The summed E-state index contributed by atoms with van der Waals surface area (Å²) in [5.74, 6) is -0.710. The highest BCUT2D eigenvalue weighted by Crippen LogP contribution is 2.45. The van der Waals surface area contributed by atoms with Crippen LogP contribution in [-0.2, 0) is 26.2 Å². The fraction of sp³-hybridized carbons (Fsp3) is 0.414. The summed E-state index contributed by atoms with van der Waals surface area (Å²) in [5.41, 5.74) is 8.91. The Morgan fingerprint density at radius 1 is 1.16 bits per heavy atom. The molecule has 5 N–H and O–H groups in total. The lowest BCUT2D eigenvalue weighted by Crippen LogP contribution is -2.61. The monoisotopic (exact) mass is 537 g/mol. The molecule has 2 unspecified atom stereocenters. The quantitative estimate of drug-likeness (QED) is 0.384. The number of nitrogens with two attached hydrogens (primary N) is 1. The molecule has 3 aromatic rings. The Hall–Kier alpha value is -3.36. The molecule has 1 fully saturated rings. The molecule has 0 radical (unpaired) electrons. The molecule has 3 atom stereocenters. The van der Waals surface area contributed by atoms with Gasteiger partial charge < -0.3 is 26.3 Å². The summed E-state index contributed by atoms with van der Waals surface area (Å²) >= 11 is 0. The molecule has 2 aliphatic heterocycles. The van der Waals surface area contributed by atoms with E-state index in [4.69, 9.17) is 5.73 Å². The van der Waals surface area contributed by atoms with Gasteiger partial charge in [-0.1, -0.05) is 36.4 Å². The Balaban J connectivity index is 0.00000336. The number of ketones is 1. The highest BCUT2D eigenvalue weighted by molar-refractivity contribution is 5.95. The number of nitrogens with zero attached hydrogens (tertiary/aromatic N) is 1. The van der Waals surface area contributed by atoms with Gasteiger partial charge in [-0.25, -0.2) is 0 Å². The van der Waals surface area contributed by atoms with Crippen LogP contribution in [0.15, 0.2) is 54.7 Å². The van der Waals surface area contributed by atoms with Crippen molar-refractivity contribution in [1.82, 2.24) is 15.2 Å². The van der Waals surface area contributed by atoms with Gasteiger partial charge in [0.15, 0.2) is 5.78 Å². The predicted molar refractivity (Wildman–Crippen MR) is 151 cm³/mol. The number of aromatic nitrogens is 1. The van der Waals surface area contributed by atoms with E-state index >= 15 is 0 Å². The van der Waals surface area contributed by atoms with E-state index in [0.29, 0.717) is 19.4 Å². The van der Waals surface area contributed by atoms with Crippen LogP contribution < -0.4 is 16.4 Å². The number of H-pyrrole nitrogens is 1. The Labute approximate surface area is 229 Å². The fourth-order valence-electron chi connectivity index (χ4n) is 5.83. The van der Waals surface area contributed by atoms with E-state index < -0.39 is 23.5 Å². The molecule has 2 aliphatic rings. The van der Waals surface area contributed by atoms with Crippen molar-refractivity contribution in [3.8, 4) is 0 Å². The van der Waals surface area contributed by atoms with Crippen molar-refractivity contribution in [3.63, 3.8) is 0 Å². The lowest BCUT2D eigenvalue weighted by atomic mass is 9.71. The van der Waals surface area contributed by atoms with Gasteiger partial charge >= 0.3 is 0 Å². The molecule has 0 bridgehead atoms. The predicted octanol–water partition coefficient (Wildman–Crippen LogP) is 3.30. The Morgan fingerprint density at radius 2 is 1.87 bits per heavy atom. The Bertz CT molecular complexity index is 1360. The van der Waals surface area contributed by atoms with Crippen LogP contribution in [-0.4, -0.2) is 58.2 Å². The number of rotatable bonds is 6. The van der Waals surface area contributed by atoms with Crippen LogP contribution >= 0.6 is 12.4 Å². The van der Waals surface area contributed by atoms with E-state index in [-0.39, 0.29) is 29.5 Å². The van der Waals surface area contributed by atoms with E-state index in [1.54, 1.807) is 25.7 Å². The first kappa shape index (κ1) is 27.7. The van der Waals surface area contributed by atoms with Gasteiger partial charge in [-0.2, -0.15) is 0 Å². The van der Waals surface area contributed by atoms with Gasteiger partial charge in [0.25, 0.3) is 0 Å². The zero-order valence-corrected chi connectivity index (χ0v) is 22.9. The summed E-state index contributed by atoms with van der Waals surface area (Å²) in [6.07, 6.45) is 3.46. The smallest absolute Gasteiger partial charge is 0.246 e. The van der Waals surface area contributed by atoms with Crippen molar-refractivity contribution in [2.45, 2.75) is 63.1 Å². The minimum Gasteiger partial charge on any atom is -0.384 e. The summed E-state index contributed by atoms with van der Waals surface area (Å²) in [5, 5.41) is 7.38. The second-order valence-corrected chi connectivity index (χ2v) is 11.1. The number of carbonyl (C=O) groups excluding carboxylic acids is 3. The number of anilines is 1. The third kappa shape index (κ3) is 5.02. The van der Waals surface area contributed by atoms with Gasteiger partial charge in [0.05, 0.1) is 11.6 Å². The molecule has 38 heavy (non-hydrogen) atoms. The van der Waals surface area contributed by atoms with Crippen LogP contribution in [0.3, 0.4) is 0 Å². The first-order valence-corrected chi connectivity index (χ1v) is 12.9. The Kier molecular flexibility index (Phi) is 7.59. The number of fused-ring (bicyclic) bond motifs is 3. The molecule has 0 saturated carbocycles. The number of para-hydroxylation sites is 2. The first-order valence-electron chi connectivity index (χ1n) is 12.9. The van der Waals surface area contributed by atoms with Gasteiger partial charge in [-0.15, -0.1) is 12.4 Å². The lowest BCUT2D eigenvalue weighted by molar-refractivity contribution is -0.145. The molecule has 5 rings (SSSR count). The molecule has 1 saturated heterocycles. The van der Waals surface area contributed by atoms with Crippen LogP contribution in [0.1, 0.15) is 44.7 Å². The van der Waals surface area contributed by atoms with Crippen LogP contribution in [0.4, 0.5) is 5.69 Å². The SMILES string of the molecule is CC(=O)C1CC2(CCN1C(=O)[C@@H](Cc1c[nH]c3ccccc13)NC(=O)C(C)(C)N)CNc1ccccc12.Cl. The normalized spacial score (nSPS) is 21.4. The molecule has 1 spiro atoms. The maximum atomic E-state index is 14.1. The maximum Gasteiger partial charge on any atom is 0.246 e. The number of amides is 2. The second-order valence-electron chi connectivity index (χ2n) is 11.1. The molecule has 2 amide bonds. The van der Waals surface area contributed by atoms with E-state index in [0.717, 1.165) is 35.1 Å². The van der Waals surface area contributed by atoms with Gasteiger partial charge in [-0.05, 0) is 56.9 Å². The third-order valence-corrected chi connectivity index (χ3v) is 7.95. The van der Waals surface area contributed by atoms with Crippen molar-refractivity contribution in [3.05, 3.63) is 65.9 Å². The minimum absolute atomic E-state index is 0. The molecule has 1 aromatic heterocycles. The topological polar surface area (TPSA) is 120 Å². The van der Waals surface area contributed by atoms with Crippen molar-refractivity contribution >= 4 is 46.6 Å². The first-order chi connectivity index (χ1) is 17.6. The van der Waals surface area contributed by atoms with E-state index in [1.165, 1.54) is 5.56 Å². The molecule has 8 nitrogen and oxygen atoms in total. The number of aromatic amines is 1. The van der Waals surface area contributed by atoms with Crippen molar-refractivity contribution in [2.24, 2.45) is 5.73 Å². The third-order valence-electron chi connectivity index (χ3n) is 7.95. The molecular formula is C29H36ClN5O3. The maximum absolute atomic E-state index is 14.1. The lowest BCUT2D eigenvalue weighted by Gasteiger charge is -2.45. The summed E-state index contributed by atoms with van der Waals surface area (Å²) < 4.78 is 0. The minimum atomic E-state index is -1.15. The van der Waals surface area contributed by atoms with Crippen LogP contribution in [0.2, 0.25) is 0 Å². The highest BCUT2D eigenvalue weighted by atomic mass is 35.5. The van der Waals surface area contributed by atoms with Gasteiger partial charge in [0.1, 0.15) is 6.04 Å². The van der Waals surface area contributed by atoms with E-state index in [9.17, 15) is 14.4 Å². The molecule has 9 heteroatoms. The van der Waals surface area contributed by atoms with Crippen LogP contribution in [0.5, 0.6) is 0 Å². The summed E-state index contributed by atoms with van der Waals surface area (Å²) in [7, 11) is 0. The summed E-state index contributed by atoms with van der Waals surface area (Å²) in [6, 6.07) is 14.6. The average molecular weight is 538 g/mol. The highest BCUT2D eigenvalue weighted by Gasteiger charge is 2.48. The number of hydrogen-bond acceptors (Lipinski definition) is 5. The summed E-state index contributed by atoms with van der Waals surface area (Å²) in [6.45, 7) is 5.96. The zero-order chi connectivity index (χ0) is 26.4. The van der Waals surface area contributed by atoms with Gasteiger partial charge in [0, 0.05) is 47.7 Å². The van der Waals surface area contributed by atoms with E-state index in [2.05, 4.69) is 27.8 Å². The Morgan fingerprint density at radius 3 is 2.61 bits per heavy atom. The molecule has 0 aliphatic carbocycles. The number of Topliss-reactive ketones (excluding diaryl/α,β-unsaturated/α-hetero) is 1. The van der Waals surface area contributed by atoms with E-state index in [1.807, 2.05) is 42.6 Å². The fourth-order valence-corrected chi connectivity index (χ4v) is 5.83.